The highest BCUT2D eigenvalue weighted by Gasteiger charge is 2.44. The van der Waals surface area contributed by atoms with Crippen molar-refractivity contribution < 1.29 is 10.2 Å². The Balaban J connectivity index is 1.25. The molecule has 3 aromatic heterocycles. The standard InChI is InChI=1S/C33H39N9O2/c1-2-21-16-37-42(18-21)27-15-26(29(43)30(27)44)41-20-36-28-31(38-33(39-32(28)41)40-14-13-24(34)19-40)35-17-25(22-9-5-3-6-10-22)23-11-7-4-8-12-23/h3-12,16,18,20,24-27,29-30,43-44H,2,13-15,17,19,34H2,1H3,(H,35,38,39)/t24-,26+,27+,29+,30+/m1/s1. The largest absolute Gasteiger partial charge is 0.388 e. The molecule has 228 valence electrons. The minimum absolute atomic E-state index is 0.0609. The van der Waals surface area contributed by atoms with Gasteiger partial charge in [0.2, 0.25) is 5.95 Å². The van der Waals surface area contributed by atoms with Crippen LogP contribution >= 0.6 is 0 Å². The summed E-state index contributed by atoms with van der Waals surface area (Å²) in [6.45, 7) is 4.10. The number of aliphatic hydroxyl groups excluding tert-OH is 2. The summed E-state index contributed by atoms with van der Waals surface area (Å²) in [5.74, 6) is 1.29. The average molecular weight is 594 g/mol. The van der Waals surface area contributed by atoms with Gasteiger partial charge < -0.3 is 30.7 Å². The third kappa shape index (κ3) is 5.31. The average Bonchev–Trinajstić information content (AvgIpc) is 3.86. The van der Waals surface area contributed by atoms with Gasteiger partial charge in [0.05, 0.1) is 24.6 Å². The second kappa shape index (κ2) is 12.0. The quantitative estimate of drug-likeness (QED) is 0.202. The van der Waals surface area contributed by atoms with Crippen LogP contribution in [0, 0.1) is 0 Å². The van der Waals surface area contributed by atoms with E-state index < -0.39 is 18.2 Å². The number of aryl methyl sites for hydroxylation is 1. The van der Waals surface area contributed by atoms with Crippen molar-refractivity contribution in [3.05, 3.63) is 96.1 Å². The summed E-state index contributed by atoms with van der Waals surface area (Å²) < 4.78 is 3.67. The number of hydrogen-bond donors (Lipinski definition) is 4. The van der Waals surface area contributed by atoms with Gasteiger partial charge in [0.15, 0.2) is 17.0 Å². The van der Waals surface area contributed by atoms with Crippen LogP contribution < -0.4 is 16.0 Å². The zero-order valence-electron chi connectivity index (χ0n) is 24.8. The van der Waals surface area contributed by atoms with Gasteiger partial charge in [0.1, 0.15) is 12.2 Å². The molecule has 0 unspecified atom stereocenters. The van der Waals surface area contributed by atoms with Gasteiger partial charge in [-0.3, -0.25) is 4.68 Å². The van der Waals surface area contributed by atoms with Crippen LogP contribution in [0.3, 0.4) is 0 Å². The predicted molar refractivity (Wildman–Crippen MR) is 170 cm³/mol. The second-order valence-electron chi connectivity index (χ2n) is 12.0. The first kappa shape index (κ1) is 28.5. The van der Waals surface area contributed by atoms with Crippen molar-refractivity contribution in [2.45, 2.75) is 62.4 Å². The molecule has 1 saturated carbocycles. The molecule has 7 rings (SSSR count). The fourth-order valence-electron chi connectivity index (χ4n) is 6.64. The van der Waals surface area contributed by atoms with E-state index in [-0.39, 0.29) is 18.0 Å². The highest BCUT2D eigenvalue weighted by atomic mass is 16.3. The Morgan fingerprint density at radius 3 is 2.32 bits per heavy atom. The highest BCUT2D eigenvalue weighted by Crippen LogP contribution is 2.40. The van der Waals surface area contributed by atoms with Crippen molar-refractivity contribution in [2.75, 3.05) is 29.9 Å². The Labute approximate surface area is 256 Å². The molecular formula is C33H39N9O2. The molecule has 1 aliphatic heterocycles. The van der Waals surface area contributed by atoms with Crippen LogP contribution in [0.2, 0.25) is 0 Å². The van der Waals surface area contributed by atoms with E-state index in [1.807, 2.05) is 29.1 Å². The summed E-state index contributed by atoms with van der Waals surface area (Å²) >= 11 is 0. The van der Waals surface area contributed by atoms with Gasteiger partial charge in [0, 0.05) is 37.8 Å². The fourth-order valence-corrected chi connectivity index (χ4v) is 6.64. The number of fused-ring (bicyclic) bond motifs is 1. The van der Waals surface area contributed by atoms with Crippen molar-refractivity contribution >= 4 is 22.9 Å². The maximum Gasteiger partial charge on any atom is 0.229 e. The molecule has 0 radical (unpaired) electrons. The molecule has 1 aliphatic carbocycles. The van der Waals surface area contributed by atoms with E-state index in [1.54, 1.807) is 11.0 Å². The molecular weight excluding hydrogens is 554 g/mol. The molecule has 11 heteroatoms. The Morgan fingerprint density at radius 2 is 1.68 bits per heavy atom. The summed E-state index contributed by atoms with van der Waals surface area (Å²) in [4.78, 5) is 16.8. The van der Waals surface area contributed by atoms with Gasteiger partial charge in [-0.2, -0.15) is 15.1 Å². The summed E-state index contributed by atoms with van der Waals surface area (Å²) in [6.07, 6.45) is 5.69. The molecule has 5 N–H and O–H groups in total. The number of nitrogens with one attached hydrogen (secondary N) is 1. The molecule has 4 heterocycles. The van der Waals surface area contributed by atoms with Crippen molar-refractivity contribution in [1.82, 2.24) is 29.3 Å². The Morgan fingerprint density at radius 1 is 0.977 bits per heavy atom. The van der Waals surface area contributed by atoms with E-state index in [9.17, 15) is 10.2 Å². The molecule has 0 spiro atoms. The van der Waals surface area contributed by atoms with Crippen molar-refractivity contribution in [1.29, 1.82) is 0 Å². The van der Waals surface area contributed by atoms with Gasteiger partial charge >= 0.3 is 0 Å². The number of imidazole rings is 1. The fraction of sp³-hybridized carbons (Fsp3) is 0.394. The molecule has 44 heavy (non-hydrogen) atoms. The second-order valence-corrected chi connectivity index (χ2v) is 12.0. The van der Waals surface area contributed by atoms with E-state index in [1.165, 1.54) is 11.1 Å². The van der Waals surface area contributed by atoms with Gasteiger partial charge in [-0.25, -0.2) is 4.98 Å². The minimum atomic E-state index is -1.01. The van der Waals surface area contributed by atoms with Gasteiger partial charge in [-0.15, -0.1) is 0 Å². The predicted octanol–water partition coefficient (Wildman–Crippen LogP) is 3.27. The molecule has 2 fully saturated rings. The maximum absolute atomic E-state index is 11.3. The molecule has 5 atom stereocenters. The lowest BCUT2D eigenvalue weighted by molar-refractivity contribution is 0.00721. The van der Waals surface area contributed by atoms with Crippen LogP contribution in [-0.2, 0) is 6.42 Å². The Kier molecular flexibility index (Phi) is 7.75. The van der Waals surface area contributed by atoms with E-state index in [0.717, 1.165) is 24.9 Å². The maximum atomic E-state index is 11.3. The number of aliphatic hydroxyl groups is 2. The van der Waals surface area contributed by atoms with Crippen LogP contribution in [0.15, 0.2) is 79.4 Å². The number of anilines is 2. The van der Waals surface area contributed by atoms with Gasteiger partial charge in [0.25, 0.3) is 0 Å². The van der Waals surface area contributed by atoms with Crippen molar-refractivity contribution in [3.63, 3.8) is 0 Å². The number of nitrogens with zero attached hydrogens (tertiary/aromatic N) is 7. The first-order valence-corrected chi connectivity index (χ1v) is 15.5. The first-order chi connectivity index (χ1) is 21.5. The lowest BCUT2D eigenvalue weighted by Crippen LogP contribution is -2.30. The third-order valence-electron chi connectivity index (χ3n) is 9.18. The van der Waals surface area contributed by atoms with Crippen molar-refractivity contribution in [3.8, 4) is 0 Å². The van der Waals surface area contributed by atoms with Gasteiger partial charge in [-0.1, -0.05) is 67.6 Å². The summed E-state index contributed by atoms with van der Waals surface area (Å²) in [5, 5.41) is 30.5. The molecule has 5 aromatic rings. The number of nitrogens with two attached hydrogens (primary N) is 1. The SMILES string of the molecule is CCc1cnn([C@H]2C[C@H](n3cnc4c(NCC(c5ccccc5)c5ccccc5)nc(N5CC[C@@H](N)C5)nc43)[C@H](O)[C@H]2O)c1. The summed E-state index contributed by atoms with van der Waals surface area (Å²) in [5.41, 5.74) is 11.0. The number of aromatic nitrogens is 6. The molecule has 11 nitrogen and oxygen atoms in total. The molecule has 0 amide bonds. The molecule has 2 aromatic carbocycles. The lowest BCUT2D eigenvalue weighted by atomic mass is 9.91. The van der Waals surface area contributed by atoms with Crippen LogP contribution in [0.25, 0.3) is 11.2 Å². The first-order valence-electron chi connectivity index (χ1n) is 15.5. The van der Waals surface area contributed by atoms with E-state index in [0.29, 0.717) is 42.4 Å². The third-order valence-corrected chi connectivity index (χ3v) is 9.18. The number of rotatable bonds is 9. The van der Waals surface area contributed by atoms with Crippen LogP contribution in [0.5, 0.6) is 0 Å². The van der Waals surface area contributed by atoms with Gasteiger partial charge in [-0.05, 0) is 36.0 Å². The Bertz CT molecular complexity index is 1670. The number of hydrogen-bond acceptors (Lipinski definition) is 9. The van der Waals surface area contributed by atoms with Crippen LogP contribution in [-0.4, -0.2) is 77.4 Å². The van der Waals surface area contributed by atoms with E-state index >= 15 is 0 Å². The van der Waals surface area contributed by atoms with Crippen molar-refractivity contribution in [2.24, 2.45) is 5.73 Å². The molecule has 1 saturated heterocycles. The minimum Gasteiger partial charge on any atom is -0.388 e. The zero-order valence-corrected chi connectivity index (χ0v) is 24.8. The normalized spacial score (nSPS) is 23.7. The van der Waals surface area contributed by atoms with E-state index in [2.05, 4.69) is 70.8 Å². The zero-order chi connectivity index (χ0) is 30.2. The Hall–Kier alpha value is -4.32. The monoisotopic (exact) mass is 593 g/mol. The number of benzene rings is 2. The van der Waals surface area contributed by atoms with Crippen LogP contribution in [0.4, 0.5) is 11.8 Å². The highest BCUT2D eigenvalue weighted by molar-refractivity contribution is 5.84. The lowest BCUT2D eigenvalue weighted by Gasteiger charge is -2.22. The van der Waals surface area contributed by atoms with Crippen LogP contribution in [0.1, 0.15) is 54.5 Å². The van der Waals surface area contributed by atoms with E-state index in [4.69, 9.17) is 20.7 Å². The summed E-state index contributed by atoms with van der Waals surface area (Å²) in [6, 6.07) is 20.1. The topological polar surface area (TPSA) is 143 Å². The molecule has 0 bridgehead atoms. The molecule has 2 aliphatic rings. The summed E-state index contributed by atoms with van der Waals surface area (Å²) in [7, 11) is 0. The smallest absolute Gasteiger partial charge is 0.229 e.